The van der Waals surface area contributed by atoms with Crippen LogP contribution in [-0.4, -0.2) is 23.4 Å². The lowest BCUT2D eigenvalue weighted by Gasteiger charge is -2.33. The van der Waals surface area contributed by atoms with Crippen LogP contribution < -0.4 is 0 Å². The second-order valence-corrected chi connectivity index (χ2v) is 4.55. The Morgan fingerprint density at radius 2 is 2.00 bits per heavy atom. The van der Waals surface area contributed by atoms with Gasteiger partial charge in [0.25, 0.3) is 0 Å². The predicted molar refractivity (Wildman–Crippen MR) is 66.4 cm³/mol. The van der Waals surface area contributed by atoms with Crippen LogP contribution in [0.2, 0.25) is 0 Å². The van der Waals surface area contributed by atoms with E-state index in [2.05, 4.69) is 0 Å². The Hall–Kier alpha value is -1.00. The summed E-state index contributed by atoms with van der Waals surface area (Å²) >= 11 is 0. The number of benzene rings is 1. The molecule has 0 radical (unpaired) electrons. The molecule has 0 saturated heterocycles. The van der Waals surface area contributed by atoms with Crippen LogP contribution in [0.4, 0.5) is 8.78 Å². The van der Waals surface area contributed by atoms with Crippen molar-refractivity contribution in [3.8, 4) is 0 Å². The van der Waals surface area contributed by atoms with Gasteiger partial charge >= 0.3 is 0 Å². The van der Waals surface area contributed by atoms with Gasteiger partial charge < -0.3 is 9.84 Å². The average Bonchev–Trinajstić information content (AvgIpc) is 2.34. The van der Waals surface area contributed by atoms with Gasteiger partial charge in [-0.1, -0.05) is 6.92 Å². The zero-order valence-electron chi connectivity index (χ0n) is 11.0. The van der Waals surface area contributed by atoms with Crippen molar-refractivity contribution in [3.63, 3.8) is 0 Å². The Kier molecular flexibility index (Phi) is 5.23. The quantitative estimate of drug-likeness (QED) is 0.849. The molecule has 0 aliphatic carbocycles. The zero-order chi connectivity index (χ0) is 13.8. The third kappa shape index (κ3) is 3.50. The number of ether oxygens (including phenoxy) is 1. The number of aliphatic hydroxyl groups excluding tert-OH is 1. The molecule has 0 bridgehead atoms. The van der Waals surface area contributed by atoms with E-state index in [1.165, 1.54) is 0 Å². The van der Waals surface area contributed by atoms with Gasteiger partial charge in [-0.3, -0.25) is 0 Å². The number of halogens is 2. The lowest BCUT2D eigenvalue weighted by molar-refractivity contribution is -0.110. The first-order valence-corrected chi connectivity index (χ1v) is 6.19. The highest BCUT2D eigenvalue weighted by Gasteiger charge is 2.32. The molecule has 0 heterocycles. The molecule has 0 amide bonds. The topological polar surface area (TPSA) is 29.5 Å². The Labute approximate surface area is 107 Å². The Morgan fingerprint density at radius 3 is 2.56 bits per heavy atom. The molecule has 0 aromatic heterocycles. The molecule has 1 rings (SSSR count). The summed E-state index contributed by atoms with van der Waals surface area (Å²) in [6.07, 6.45) is -0.244. The third-order valence-electron chi connectivity index (χ3n) is 3.30. The standard InChI is InChI=1S/C14H20F2O2/c1-4-14(3,18-5-2)13(17)9-10-8-11(15)6-7-12(10)16/h6-8,13,17H,4-5,9H2,1-3H3. The molecule has 0 aliphatic rings. The first-order valence-electron chi connectivity index (χ1n) is 6.19. The van der Waals surface area contributed by atoms with Crippen LogP contribution in [0.25, 0.3) is 0 Å². The Morgan fingerprint density at radius 1 is 1.33 bits per heavy atom. The lowest BCUT2D eigenvalue weighted by Crippen LogP contribution is -2.43. The summed E-state index contributed by atoms with van der Waals surface area (Å²) in [7, 11) is 0. The van der Waals surface area contributed by atoms with Crippen molar-refractivity contribution in [3.05, 3.63) is 35.4 Å². The van der Waals surface area contributed by atoms with E-state index in [4.69, 9.17) is 4.74 Å². The monoisotopic (exact) mass is 258 g/mol. The van der Waals surface area contributed by atoms with Crippen LogP contribution in [0.15, 0.2) is 18.2 Å². The fourth-order valence-electron chi connectivity index (χ4n) is 1.89. The van der Waals surface area contributed by atoms with Gasteiger partial charge in [-0.05, 0) is 44.0 Å². The number of hydrogen-bond donors (Lipinski definition) is 1. The number of aliphatic hydroxyl groups is 1. The summed E-state index contributed by atoms with van der Waals surface area (Å²) in [5.74, 6) is -1.02. The molecule has 2 nitrogen and oxygen atoms in total. The van der Waals surface area contributed by atoms with Gasteiger partial charge in [0.2, 0.25) is 0 Å². The summed E-state index contributed by atoms with van der Waals surface area (Å²) in [6.45, 7) is 5.97. The van der Waals surface area contributed by atoms with E-state index in [0.717, 1.165) is 18.2 Å². The van der Waals surface area contributed by atoms with Gasteiger partial charge in [-0.25, -0.2) is 8.78 Å². The smallest absolute Gasteiger partial charge is 0.126 e. The van der Waals surface area contributed by atoms with E-state index < -0.39 is 23.3 Å². The highest BCUT2D eigenvalue weighted by atomic mass is 19.1. The first kappa shape index (κ1) is 15.1. The molecular formula is C14H20F2O2. The number of rotatable bonds is 6. The van der Waals surface area contributed by atoms with E-state index in [1.54, 1.807) is 6.92 Å². The predicted octanol–water partition coefficient (Wildman–Crippen LogP) is 3.07. The molecule has 0 saturated carbocycles. The first-order chi connectivity index (χ1) is 8.42. The van der Waals surface area contributed by atoms with Crippen molar-refractivity contribution < 1.29 is 18.6 Å². The molecule has 0 spiro atoms. The molecule has 2 unspecified atom stereocenters. The largest absolute Gasteiger partial charge is 0.390 e. The van der Waals surface area contributed by atoms with Crippen molar-refractivity contribution in [2.75, 3.05) is 6.61 Å². The molecule has 0 aliphatic heterocycles. The molecular weight excluding hydrogens is 238 g/mol. The maximum Gasteiger partial charge on any atom is 0.126 e. The van der Waals surface area contributed by atoms with Crippen molar-refractivity contribution in [1.82, 2.24) is 0 Å². The summed E-state index contributed by atoms with van der Waals surface area (Å²) in [6, 6.07) is 3.24. The summed E-state index contributed by atoms with van der Waals surface area (Å²) in [5.41, 5.74) is -0.574. The van der Waals surface area contributed by atoms with Crippen LogP contribution in [-0.2, 0) is 11.2 Å². The molecule has 1 aromatic rings. The normalized spacial score (nSPS) is 16.3. The molecule has 2 atom stereocenters. The van der Waals surface area contributed by atoms with E-state index in [1.807, 2.05) is 13.8 Å². The SMILES string of the molecule is CCOC(C)(CC)C(O)Cc1cc(F)ccc1F. The van der Waals surface area contributed by atoms with Gasteiger partial charge in [-0.15, -0.1) is 0 Å². The zero-order valence-corrected chi connectivity index (χ0v) is 11.0. The van der Waals surface area contributed by atoms with E-state index in [-0.39, 0.29) is 12.0 Å². The average molecular weight is 258 g/mol. The summed E-state index contributed by atoms with van der Waals surface area (Å²) in [4.78, 5) is 0. The van der Waals surface area contributed by atoms with E-state index in [0.29, 0.717) is 13.0 Å². The summed E-state index contributed by atoms with van der Waals surface area (Å²) in [5, 5.41) is 10.2. The second-order valence-electron chi connectivity index (χ2n) is 4.55. The Bertz CT molecular complexity index is 395. The fourth-order valence-corrected chi connectivity index (χ4v) is 1.89. The minimum atomic E-state index is -0.876. The van der Waals surface area contributed by atoms with Gasteiger partial charge in [0.05, 0.1) is 11.7 Å². The van der Waals surface area contributed by atoms with Crippen LogP contribution in [0.3, 0.4) is 0 Å². The van der Waals surface area contributed by atoms with Crippen LogP contribution in [0.5, 0.6) is 0 Å². The van der Waals surface area contributed by atoms with Gasteiger partial charge in [-0.2, -0.15) is 0 Å². The minimum absolute atomic E-state index is 0.0356. The van der Waals surface area contributed by atoms with E-state index in [9.17, 15) is 13.9 Å². The molecule has 0 fully saturated rings. The van der Waals surface area contributed by atoms with Crippen molar-refractivity contribution >= 4 is 0 Å². The van der Waals surface area contributed by atoms with Crippen LogP contribution >= 0.6 is 0 Å². The lowest BCUT2D eigenvalue weighted by atomic mass is 9.90. The van der Waals surface area contributed by atoms with Crippen LogP contribution in [0.1, 0.15) is 32.8 Å². The van der Waals surface area contributed by atoms with Crippen molar-refractivity contribution in [2.24, 2.45) is 0 Å². The molecule has 1 aromatic carbocycles. The maximum absolute atomic E-state index is 13.5. The number of hydrogen-bond acceptors (Lipinski definition) is 2. The van der Waals surface area contributed by atoms with Gasteiger partial charge in [0.1, 0.15) is 11.6 Å². The second kappa shape index (κ2) is 6.25. The molecule has 102 valence electrons. The Balaban J connectivity index is 2.85. The van der Waals surface area contributed by atoms with Gasteiger partial charge in [0, 0.05) is 13.0 Å². The third-order valence-corrected chi connectivity index (χ3v) is 3.30. The summed E-state index contributed by atoms with van der Waals surface area (Å²) < 4.78 is 32.1. The maximum atomic E-state index is 13.5. The fraction of sp³-hybridized carbons (Fsp3) is 0.571. The van der Waals surface area contributed by atoms with E-state index >= 15 is 0 Å². The van der Waals surface area contributed by atoms with Gasteiger partial charge in [0.15, 0.2) is 0 Å². The highest BCUT2D eigenvalue weighted by Crippen LogP contribution is 2.24. The molecule has 4 heteroatoms. The molecule has 18 heavy (non-hydrogen) atoms. The molecule has 1 N–H and O–H groups in total. The van der Waals surface area contributed by atoms with Crippen molar-refractivity contribution in [1.29, 1.82) is 0 Å². The van der Waals surface area contributed by atoms with Crippen molar-refractivity contribution in [2.45, 2.75) is 45.3 Å². The minimum Gasteiger partial charge on any atom is -0.390 e. The van der Waals surface area contributed by atoms with Crippen LogP contribution in [0, 0.1) is 11.6 Å². The highest BCUT2D eigenvalue weighted by molar-refractivity contribution is 5.20.